The Balaban J connectivity index is 1.95. The third-order valence-electron chi connectivity index (χ3n) is 4.47. The van der Waals surface area contributed by atoms with Crippen LogP contribution in [0.2, 0.25) is 0 Å². The molecule has 27 heavy (non-hydrogen) atoms. The van der Waals surface area contributed by atoms with Crippen molar-refractivity contribution in [2.75, 3.05) is 5.75 Å². The Labute approximate surface area is 163 Å². The first-order valence-electron chi connectivity index (χ1n) is 8.88. The number of phenolic OH excluding ortho intramolecular Hbond substituents is 1. The van der Waals surface area contributed by atoms with Gasteiger partial charge in [0.2, 0.25) is 0 Å². The van der Waals surface area contributed by atoms with Gasteiger partial charge in [-0.1, -0.05) is 62.9 Å². The van der Waals surface area contributed by atoms with E-state index in [9.17, 15) is 15.0 Å². The first-order chi connectivity index (χ1) is 12.8. The number of para-hydroxylation sites is 3. The zero-order valence-electron chi connectivity index (χ0n) is 15.7. The Hall–Kier alpha value is -2.47. The van der Waals surface area contributed by atoms with Crippen molar-refractivity contribution >= 4 is 28.8 Å². The maximum atomic E-state index is 12.1. The monoisotopic (exact) mass is 384 g/mol. The van der Waals surface area contributed by atoms with Crippen LogP contribution in [-0.4, -0.2) is 31.5 Å². The van der Waals surface area contributed by atoms with Crippen molar-refractivity contribution in [1.82, 2.24) is 9.55 Å². The molecular weight excluding hydrogens is 360 g/mol. The van der Waals surface area contributed by atoms with Gasteiger partial charge in [-0.15, -0.1) is 0 Å². The molecule has 142 valence electrons. The summed E-state index contributed by atoms with van der Waals surface area (Å²) in [4.78, 5) is 16.8. The van der Waals surface area contributed by atoms with Gasteiger partial charge in [-0.25, -0.2) is 9.78 Å². The van der Waals surface area contributed by atoms with Crippen molar-refractivity contribution in [2.45, 2.75) is 38.4 Å². The minimum atomic E-state index is -0.867. The number of benzene rings is 2. The lowest BCUT2D eigenvalue weighted by atomic mass is 9.86. The van der Waals surface area contributed by atoms with Gasteiger partial charge in [0.15, 0.2) is 5.16 Å². The molecule has 3 rings (SSSR count). The number of carboxylic acid groups (broad SMARTS) is 1. The summed E-state index contributed by atoms with van der Waals surface area (Å²) in [5.41, 5.74) is 2.02. The normalized spacial score (nSPS) is 13.0. The van der Waals surface area contributed by atoms with Crippen molar-refractivity contribution in [3.8, 4) is 5.75 Å². The zero-order valence-corrected chi connectivity index (χ0v) is 16.5. The number of aromatic nitrogens is 2. The number of aliphatic carboxylic acids is 1. The molecule has 0 spiro atoms. The van der Waals surface area contributed by atoms with Crippen molar-refractivity contribution in [3.05, 3.63) is 54.1 Å². The topological polar surface area (TPSA) is 75.3 Å². The van der Waals surface area contributed by atoms with E-state index in [0.717, 1.165) is 16.6 Å². The van der Waals surface area contributed by atoms with Crippen molar-refractivity contribution in [1.29, 1.82) is 0 Å². The second-order valence-electron chi connectivity index (χ2n) is 7.59. The number of rotatable bonds is 6. The standard InChI is InChI=1S/C21H24N2O3S/c1-21(2,3)18(19(25)26)23-16-10-6-5-9-15(16)22-20(23)27-13-12-14-8-4-7-11-17(14)24/h4-11,18,24H,12-13H2,1-3H3,(H,25,26). The molecule has 0 aliphatic heterocycles. The first kappa shape index (κ1) is 19.3. The minimum Gasteiger partial charge on any atom is -0.508 e. The molecule has 0 saturated heterocycles. The fourth-order valence-electron chi connectivity index (χ4n) is 3.22. The van der Waals surface area contributed by atoms with E-state index in [1.807, 2.05) is 61.7 Å². The molecule has 2 aromatic carbocycles. The minimum absolute atomic E-state index is 0.282. The summed E-state index contributed by atoms with van der Waals surface area (Å²) >= 11 is 1.52. The highest BCUT2D eigenvalue weighted by molar-refractivity contribution is 7.99. The van der Waals surface area contributed by atoms with Crippen LogP contribution in [0.4, 0.5) is 0 Å². The average Bonchev–Trinajstić information content (AvgIpc) is 2.93. The number of phenols is 1. The molecule has 5 nitrogen and oxygen atoms in total. The number of fused-ring (bicyclic) bond motifs is 1. The molecular formula is C21H24N2O3S. The Morgan fingerprint density at radius 3 is 2.48 bits per heavy atom. The van der Waals surface area contributed by atoms with E-state index in [-0.39, 0.29) is 5.75 Å². The van der Waals surface area contributed by atoms with Gasteiger partial charge in [-0.3, -0.25) is 0 Å². The molecule has 0 bridgehead atoms. The third-order valence-corrected chi connectivity index (χ3v) is 5.42. The fraction of sp³-hybridized carbons (Fsp3) is 0.333. The van der Waals surface area contributed by atoms with E-state index < -0.39 is 17.4 Å². The number of hydrogen-bond acceptors (Lipinski definition) is 4. The second kappa shape index (κ2) is 7.64. The molecule has 6 heteroatoms. The maximum absolute atomic E-state index is 12.1. The molecule has 0 aliphatic carbocycles. The molecule has 0 amide bonds. The van der Waals surface area contributed by atoms with E-state index in [1.165, 1.54) is 11.8 Å². The van der Waals surface area contributed by atoms with Gasteiger partial charge in [0, 0.05) is 5.75 Å². The van der Waals surface area contributed by atoms with Gasteiger partial charge in [-0.2, -0.15) is 0 Å². The average molecular weight is 385 g/mol. The van der Waals surface area contributed by atoms with Gasteiger partial charge >= 0.3 is 5.97 Å². The van der Waals surface area contributed by atoms with Crippen LogP contribution in [-0.2, 0) is 11.2 Å². The van der Waals surface area contributed by atoms with Crippen molar-refractivity contribution < 1.29 is 15.0 Å². The molecule has 1 unspecified atom stereocenters. The van der Waals surface area contributed by atoms with Gasteiger partial charge in [0.1, 0.15) is 11.8 Å². The number of imidazole rings is 1. The number of aryl methyl sites for hydroxylation is 1. The predicted octanol–water partition coefficient (Wildman–Crippen LogP) is 4.75. The Kier molecular flexibility index (Phi) is 5.46. The van der Waals surface area contributed by atoms with Crippen LogP contribution in [0.5, 0.6) is 5.75 Å². The summed E-state index contributed by atoms with van der Waals surface area (Å²) in [5.74, 6) is 0.107. The zero-order chi connectivity index (χ0) is 19.6. The maximum Gasteiger partial charge on any atom is 0.327 e. The Morgan fingerprint density at radius 1 is 1.15 bits per heavy atom. The SMILES string of the molecule is CC(C)(C)C(C(=O)O)n1c(SCCc2ccccc2O)nc2ccccc21. The summed E-state index contributed by atoms with van der Waals surface area (Å²) in [6, 6.07) is 14.2. The summed E-state index contributed by atoms with van der Waals surface area (Å²) in [6.07, 6.45) is 0.674. The summed E-state index contributed by atoms with van der Waals surface area (Å²) in [6.45, 7) is 5.78. The summed E-state index contributed by atoms with van der Waals surface area (Å²) in [7, 11) is 0. The van der Waals surface area contributed by atoms with Crippen LogP contribution < -0.4 is 0 Å². The number of carboxylic acids is 1. The number of thioether (sulfide) groups is 1. The molecule has 0 fully saturated rings. The van der Waals surface area contributed by atoms with E-state index in [1.54, 1.807) is 12.1 Å². The van der Waals surface area contributed by atoms with Crippen LogP contribution >= 0.6 is 11.8 Å². The summed E-state index contributed by atoms with van der Waals surface area (Å²) in [5, 5.41) is 20.5. The molecule has 3 aromatic rings. The molecule has 1 atom stereocenters. The van der Waals surface area contributed by atoms with E-state index in [4.69, 9.17) is 0 Å². The van der Waals surface area contributed by atoms with E-state index >= 15 is 0 Å². The first-order valence-corrected chi connectivity index (χ1v) is 9.87. The van der Waals surface area contributed by atoms with Crippen molar-refractivity contribution in [2.24, 2.45) is 5.41 Å². The molecule has 0 radical (unpaired) electrons. The number of hydrogen-bond donors (Lipinski definition) is 2. The highest BCUT2D eigenvalue weighted by Gasteiger charge is 2.35. The number of aromatic hydroxyl groups is 1. The lowest BCUT2D eigenvalue weighted by molar-refractivity contribution is -0.144. The third kappa shape index (κ3) is 4.11. The highest BCUT2D eigenvalue weighted by atomic mass is 32.2. The van der Waals surface area contributed by atoms with Gasteiger partial charge in [0.25, 0.3) is 0 Å². The highest BCUT2D eigenvalue weighted by Crippen LogP contribution is 2.37. The predicted molar refractivity (Wildman–Crippen MR) is 108 cm³/mol. The molecule has 0 aliphatic rings. The Bertz CT molecular complexity index is 959. The van der Waals surface area contributed by atoms with Crippen LogP contribution in [0, 0.1) is 5.41 Å². The number of carbonyl (C=O) groups is 1. The quantitative estimate of drug-likeness (QED) is 0.600. The van der Waals surface area contributed by atoms with E-state index in [0.29, 0.717) is 17.3 Å². The smallest absolute Gasteiger partial charge is 0.327 e. The van der Waals surface area contributed by atoms with Gasteiger partial charge in [-0.05, 0) is 35.6 Å². The fourth-order valence-corrected chi connectivity index (χ4v) is 4.23. The van der Waals surface area contributed by atoms with Gasteiger partial charge < -0.3 is 14.8 Å². The Morgan fingerprint density at radius 2 is 1.81 bits per heavy atom. The molecule has 2 N–H and O–H groups in total. The molecule has 1 heterocycles. The lowest BCUT2D eigenvalue weighted by Gasteiger charge is -2.29. The van der Waals surface area contributed by atoms with Crippen LogP contribution in [0.3, 0.4) is 0 Å². The number of nitrogens with zero attached hydrogens (tertiary/aromatic N) is 2. The van der Waals surface area contributed by atoms with Crippen LogP contribution in [0.15, 0.2) is 53.7 Å². The van der Waals surface area contributed by atoms with Gasteiger partial charge in [0.05, 0.1) is 11.0 Å². The van der Waals surface area contributed by atoms with Crippen molar-refractivity contribution in [3.63, 3.8) is 0 Å². The van der Waals surface area contributed by atoms with Crippen LogP contribution in [0.25, 0.3) is 11.0 Å². The lowest BCUT2D eigenvalue weighted by Crippen LogP contribution is -2.32. The van der Waals surface area contributed by atoms with Crippen LogP contribution in [0.1, 0.15) is 32.4 Å². The van der Waals surface area contributed by atoms with E-state index in [2.05, 4.69) is 4.98 Å². The molecule has 0 saturated carbocycles. The second-order valence-corrected chi connectivity index (χ2v) is 8.65. The molecule has 1 aromatic heterocycles. The summed E-state index contributed by atoms with van der Waals surface area (Å²) < 4.78 is 1.84. The largest absolute Gasteiger partial charge is 0.508 e.